The fraction of sp³-hybridized carbons (Fsp3) is 0.375. The Balaban J connectivity index is 1.23. The Morgan fingerprint density at radius 1 is 1.19 bits per heavy atom. The third kappa shape index (κ3) is 6.03. The minimum Gasteiger partial charge on any atom is -0.444 e. The second kappa shape index (κ2) is 11.7. The van der Waals surface area contributed by atoms with E-state index in [0.717, 1.165) is 65.7 Å². The van der Waals surface area contributed by atoms with Crippen molar-refractivity contribution in [2.24, 2.45) is 11.1 Å². The number of piperidine rings is 1. The van der Waals surface area contributed by atoms with E-state index in [2.05, 4.69) is 32.3 Å². The lowest BCUT2D eigenvalue weighted by molar-refractivity contribution is 0.0427. The Morgan fingerprint density at radius 3 is 2.79 bits per heavy atom. The summed E-state index contributed by atoms with van der Waals surface area (Å²) in [4.78, 5) is 30.9. The summed E-state index contributed by atoms with van der Waals surface area (Å²) in [6, 6.07) is 1.91. The molecule has 0 aromatic carbocycles. The van der Waals surface area contributed by atoms with Gasteiger partial charge in [0.1, 0.15) is 5.60 Å². The van der Waals surface area contributed by atoms with E-state index < -0.39 is 11.7 Å². The average Bonchev–Trinajstić information content (AvgIpc) is 3.58. The predicted octanol–water partition coefficient (Wildman–Crippen LogP) is 6.43. The number of carbonyl (C=O) groups excluding carboxylic acids is 1. The molecule has 3 N–H and O–H groups in total. The summed E-state index contributed by atoms with van der Waals surface area (Å²) < 4.78 is 7.68. The summed E-state index contributed by atoms with van der Waals surface area (Å²) in [5.41, 5.74) is 9.15. The van der Waals surface area contributed by atoms with Crippen molar-refractivity contribution in [2.75, 3.05) is 18.0 Å². The van der Waals surface area contributed by atoms with Gasteiger partial charge in [-0.3, -0.25) is 9.38 Å². The normalized spacial score (nSPS) is 22.0. The molecule has 3 aromatic rings. The number of hydrogen-bond acceptors (Lipinski definition) is 8. The summed E-state index contributed by atoms with van der Waals surface area (Å²) in [6.07, 6.45) is 22.2. The first kappa shape index (κ1) is 29.3. The lowest BCUT2D eigenvalue weighted by Gasteiger charge is -2.43. The monoisotopic (exact) mass is 617 g/mol. The topological polar surface area (TPSA) is 111 Å². The molecule has 1 atom stereocenters. The molecule has 0 saturated carbocycles. The van der Waals surface area contributed by atoms with Gasteiger partial charge < -0.3 is 20.7 Å². The number of allylic oxidation sites excluding steroid dienone is 6. The van der Waals surface area contributed by atoms with Crippen LogP contribution >= 0.6 is 23.4 Å². The summed E-state index contributed by atoms with van der Waals surface area (Å²) in [5, 5.41) is 3.71. The molecule has 1 saturated heterocycles. The van der Waals surface area contributed by atoms with Gasteiger partial charge in [-0.2, -0.15) is 0 Å². The van der Waals surface area contributed by atoms with Gasteiger partial charge in [0.25, 0.3) is 0 Å². The number of pyridine rings is 1. The molecule has 3 aliphatic rings. The number of rotatable bonds is 4. The molecule has 4 heterocycles. The summed E-state index contributed by atoms with van der Waals surface area (Å²) in [6.45, 7) is 7.21. The number of nitrogens with zero attached hydrogens (tertiary/aromatic N) is 5. The number of halogens is 1. The Labute approximate surface area is 261 Å². The van der Waals surface area contributed by atoms with Crippen molar-refractivity contribution in [1.82, 2.24) is 24.7 Å². The lowest BCUT2D eigenvalue weighted by Crippen LogP contribution is -2.48. The third-order valence-corrected chi connectivity index (χ3v) is 9.73. The highest BCUT2D eigenvalue weighted by Gasteiger charge is 2.49. The van der Waals surface area contributed by atoms with E-state index in [9.17, 15) is 4.79 Å². The van der Waals surface area contributed by atoms with Crippen molar-refractivity contribution < 1.29 is 9.53 Å². The molecular formula is C32H36ClN7O2S. The maximum absolute atomic E-state index is 12.9. The number of ether oxygens (including phenoxy) is 1. The molecule has 2 aliphatic carbocycles. The average molecular weight is 618 g/mol. The number of imidazole rings is 1. The molecule has 0 radical (unpaired) electrons. The van der Waals surface area contributed by atoms with Crippen LogP contribution in [0, 0.1) is 5.41 Å². The zero-order chi connectivity index (χ0) is 30.2. The minimum atomic E-state index is -0.573. The molecule has 1 amide bonds. The van der Waals surface area contributed by atoms with Crippen LogP contribution in [0.4, 0.5) is 10.7 Å². The molecule has 1 spiro atoms. The molecular weight excluding hydrogens is 582 g/mol. The Hall–Kier alpha value is -3.76. The number of amides is 1. The van der Waals surface area contributed by atoms with Gasteiger partial charge in [-0.1, -0.05) is 47.7 Å². The van der Waals surface area contributed by atoms with E-state index in [4.69, 9.17) is 27.1 Å². The first-order valence-electron chi connectivity index (χ1n) is 14.5. The van der Waals surface area contributed by atoms with E-state index in [1.165, 1.54) is 17.3 Å². The highest BCUT2D eigenvalue weighted by molar-refractivity contribution is 8.03. The highest BCUT2D eigenvalue weighted by atomic mass is 35.5. The number of anilines is 1. The smallest absolute Gasteiger partial charge is 0.408 e. The lowest BCUT2D eigenvalue weighted by atomic mass is 9.73. The quantitative estimate of drug-likeness (QED) is 0.344. The van der Waals surface area contributed by atoms with Crippen LogP contribution < -0.4 is 16.0 Å². The molecule has 224 valence electrons. The first-order chi connectivity index (χ1) is 20.6. The van der Waals surface area contributed by atoms with Gasteiger partial charge in [-0.05, 0) is 69.7 Å². The Bertz CT molecular complexity index is 1660. The van der Waals surface area contributed by atoms with Crippen molar-refractivity contribution in [3.05, 3.63) is 94.2 Å². The van der Waals surface area contributed by atoms with Gasteiger partial charge in [0, 0.05) is 54.4 Å². The van der Waals surface area contributed by atoms with Gasteiger partial charge in [0.2, 0.25) is 5.95 Å². The molecule has 6 rings (SSSR count). The van der Waals surface area contributed by atoms with Gasteiger partial charge in [0.05, 0.1) is 21.7 Å². The van der Waals surface area contributed by atoms with Crippen molar-refractivity contribution in [3.63, 3.8) is 0 Å². The van der Waals surface area contributed by atoms with Crippen LogP contribution in [0.1, 0.15) is 57.2 Å². The number of aromatic nitrogens is 4. The Kier molecular flexibility index (Phi) is 8.00. The fourth-order valence-electron chi connectivity index (χ4n) is 6.12. The van der Waals surface area contributed by atoms with Crippen LogP contribution in [0.25, 0.3) is 5.65 Å². The number of thioether (sulfide) groups is 1. The molecule has 43 heavy (non-hydrogen) atoms. The van der Waals surface area contributed by atoms with Crippen molar-refractivity contribution in [2.45, 2.75) is 63.0 Å². The number of fused-ring (bicyclic) bond motifs is 2. The van der Waals surface area contributed by atoms with Crippen LogP contribution in [-0.4, -0.2) is 44.1 Å². The van der Waals surface area contributed by atoms with Gasteiger partial charge in [0.15, 0.2) is 5.65 Å². The van der Waals surface area contributed by atoms with Gasteiger partial charge in [-0.25, -0.2) is 14.8 Å². The summed E-state index contributed by atoms with van der Waals surface area (Å²) >= 11 is 8.17. The van der Waals surface area contributed by atoms with Crippen molar-refractivity contribution in [3.8, 4) is 0 Å². The van der Waals surface area contributed by atoms with Crippen LogP contribution in [0.5, 0.6) is 0 Å². The molecule has 0 bridgehead atoms. The van der Waals surface area contributed by atoms with E-state index in [-0.39, 0.29) is 11.5 Å². The van der Waals surface area contributed by atoms with Crippen LogP contribution in [0.2, 0.25) is 0 Å². The van der Waals surface area contributed by atoms with E-state index in [1.54, 1.807) is 6.20 Å². The zero-order valence-electron chi connectivity index (χ0n) is 24.6. The van der Waals surface area contributed by atoms with Gasteiger partial charge >= 0.3 is 6.09 Å². The number of hydrogen-bond donors (Lipinski definition) is 2. The number of carbonyl (C=O) groups is 1. The van der Waals surface area contributed by atoms with E-state index in [0.29, 0.717) is 10.7 Å². The number of nitrogens with one attached hydrogen (secondary N) is 1. The van der Waals surface area contributed by atoms with Crippen LogP contribution in [-0.2, 0) is 11.2 Å². The molecule has 0 unspecified atom stereocenters. The number of nitrogens with two attached hydrogens (primary N) is 1. The number of alkyl carbamates (subject to hydrolysis) is 1. The molecule has 1 fully saturated rings. The zero-order valence-corrected chi connectivity index (χ0v) is 26.2. The minimum absolute atomic E-state index is 0.128. The largest absolute Gasteiger partial charge is 0.444 e. The highest BCUT2D eigenvalue weighted by Crippen LogP contribution is 2.52. The second-order valence-corrected chi connectivity index (χ2v) is 13.7. The van der Waals surface area contributed by atoms with Gasteiger partial charge in [-0.15, -0.1) is 0 Å². The van der Waals surface area contributed by atoms with Crippen LogP contribution in [0.3, 0.4) is 0 Å². The molecule has 9 nitrogen and oxygen atoms in total. The first-order valence-corrected chi connectivity index (χ1v) is 15.7. The van der Waals surface area contributed by atoms with Crippen molar-refractivity contribution in [1.29, 1.82) is 0 Å². The third-order valence-electron chi connectivity index (χ3n) is 8.13. The van der Waals surface area contributed by atoms with E-state index >= 15 is 0 Å². The standard InChI is InChI=1S/C32H36ClN7O2S/c1-31(2,3)42-30(41)38-27-22-19-35-13-10-21(22)18-32(27)11-15-39(16-12-32)29-37-20-25(28-36-14-17-40(28)29)43-24-9-7-5-4-6-8-23(34)26(24)33/h4,6-10,13-14,17,19-20,27H,5,11-12,15-16,18,34H2,1-3H3,(H,38,41)/b6-4+,9-7?,23-8+,26-24?/t27-/m1/s1. The fourth-order valence-corrected chi connectivity index (χ4v) is 7.32. The maximum atomic E-state index is 12.9. The Morgan fingerprint density at radius 2 is 2.00 bits per heavy atom. The molecule has 11 heteroatoms. The SMILES string of the molecule is CC(C)(C)OC(=O)N[C@@H]1c2cnccc2CC12CCN(c1ncc(SC3=C(Cl)/C(N)=C\C=C\CC=C3)c3nccn13)CC2. The van der Waals surface area contributed by atoms with E-state index in [1.807, 2.05) is 74.3 Å². The predicted molar refractivity (Wildman–Crippen MR) is 171 cm³/mol. The summed E-state index contributed by atoms with van der Waals surface area (Å²) in [7, 11) is 0. The van der Waals surface area contributed by atoms with Crippen molar-refractivity contribution >= 4 is 41.1 Å². The summed E-state index contributed by atoms with van der Waals surface area (Å²) in [5.74, 6) is 0.842. The van der Waals surface area contributed by atoms with Crippen LogP contribution in [0.15, 0.2) is 88.0 Å². The maximum Gasteiger partial charge on any atom is 0.408 e. The molecule has 1 aliphatic heterocycles. The second-order valence-electron chi connectivity index (χ2n) is 12.2. The molecule has 3 aromatic heterocycles.